The third-order valence-electron chi connectivity index (χ3n) is 2.28. The van der Waals surface area contributed by atoms with Gasteiger partial charge in [-0.15, -0.1) is 0 Å². The number of carbonyl (C=O) groups is 2. The molecule has 0 aliphatic heterocycles. The molecule has 1 amide bonds. The first-order valence-electron chi connectivity index (χ1n) is 5.57. The molecule has 0 aromatic rings. The largest absolute Gasteiger partial charge is 0.480 e. The molecule has 0 saturated heterocycles. The van der Waals surface area contributed by atoms with Crippen LogP contribution >= 0.6 is 0 Å². The number of amides is 1. The highest BCUT2D eigenvalue weighted by atomic mass is 16.4. The summed E-state index contributed by atoms with van der Waals surface area (Å²) in [7, 11) is 1.53. The maximum absolute atomic E-state index is 11.6. The van der Waals surface area contributed by atoms with E-state index in [1.54, 1.807) is 0 Å². The second-order valence-corrected chi connectivity index (χ2v) is 5.72. The van der Waals surface area contributed by atoms with Gasteiger partial charge in [0.25, 0.3) is 0 Å². The standard InChI is InChI=1S/C12H23NO3/c1-9(7-12(2,3)4)6-10(14)13(5)8-11(15)16/h9H,6-8H2,1-5H3,(H,15,16). The van der Waals surface area contributed by atoms with E-state index >= 15 is 0 Å². The van der Waals surface area contributed by atoms with Crippen molar-refractivity contribution in [3.63, 3.8) is 0 Å². The van der Waals surface area contributed by atoms with Crippen LogP contribution in [-0.4, -0.2) is 35.5 Å². The second-order valence-electron chi connectivity index (χ2n) is 5.72. The first-order valence-corrected chi connectivity index (χ1v) is 5.57. The Kier molecular flexibility index (Phi) is 5.48. The van der Waals surface area contributed by atoms with Crippen molar-refractivity contribution >= 4 is 11.9 Å². The van der Waals surface area contributed by atoms with Gasteiger partial charge in [0.15, 0.2) is 0 Å². The second kappa shape index (κ2) is 5.87. The minimum absolute atomic E-state index is 0.0980. The van der Waals surface area contributed by atoms with Crippen molar-refractivity contribution in [1.29, 1.82) is 0 Å². The summed E-state index contributed by atoms with van der Waals surface area (Å²) in [4.78, 5) is 23.3. The predicted octanol–water partition coefficient (Wildman–Crippen LogP) is 1.99. The molecular formula is C12H23NO3. The van der Waals surface area contributed by atoms with E-state index in [9.17, 15) is 9.59 Å². The molecule has 4 nitrogen and oxygen atoms in total. The van der Waals surface area contributed by atoms with Crippen molar-refractivity contribution in [2.75, 3.05) is 13.6 Å². The van der Waals surface area contributed by atoms with Crippen LogP contribution in [0.5, 0.6) is 0 Å². The van der Waals surface area contributed by atoms with E-state index in [2.05, 4.69) is 20.8 Å². The van der Waals surface area contributed by atoms with Gasteiger partial charge in [0, 0.05) is 13.5 Å². The maximum atomic E-state index is 11.6. The van der Waals surface area contributed by atoms with E-state index in [0.29, 0.717) is 6.42 Å². The summed E-state index contributed by atoms with van der Waals surface area (Å²) in [5, 5.41) is 8.56. The van der Waals surface area contributed by atoms with Gasteiger partial charge in [0.05, 0.1) is 0 Å². The Morgan fingerprint density at radius 3 is 2.19 bits per heavy atom. The summed E-state index contributed by atoms with van der Waals surface area (Å²) in [6.45, 7) is 8.21. The molecule has 94 valence electrons. The molecule has 0 spiro atoms. The minimum atomic E-state index is -0.973. The van der Waals surface area contributed by atoms with Crippen molar-refractivity contribution in [2.24, 2.45) is 11.3 Å². The van der Waals surface area contributed by atoms with Gasteiger partial charge in [-0.05, 0) is 17.8 Å². The fourth-order valence-corrected chi connectivity index (χ4v) is 1.86. The number of rotatable bonds is 5. The lowest BCUT2D eigenvalue weighted by molar-refractivity contribution is -0.143. The van der Waals surface area contributed by atoms with Gasteiger partial charge in [0.2, 0.25) is 5.91 Å². The van der Waals surface area contributed by atoms with Gasteiger partial charge >= 0.3 is 5.97 Å². The summed E-state index contributed by atoms with van der Waals surface area (Å²) in [6.07, 6.45) is 1.38. The van der Waals surface area contributed by atoms with Crippen LogP contribution in [0.15, 0.2) is 0 Å². The molecule has 0 radical (unpaired) electrons. The van der Waals surface area contributed by atoms with Gasteiger partial charge in [-0.2, -0.15) is 0 Å². The van der Waals surface area contributed by atoms with Gasteiger partial charge in [-0.1, -0.05) is 27.7 Å². The van der Waals surface area contributed by atoms with Gasteiger partial charge in [-0.3, -0.25) is 9.59 Å². The Hall–Kier alpha value is -1.06. The molecule has 16 heavy (non-hydrogen) atoms. The number of aliphatic carboxylic acids is 1. The number of carbonyl (C=O) groups excluding carboxylic acids is 1. The Labute approximate surface area is 97.6 Å². The zero-order valence-corrected chi connectivity index (χ0v) is 10.9. The van der Waals surface area contributed by atoms with Gasteiger partial charge in [0.1, 0.15) is 6.54 Å². The molecule has 1 unspecified atom stereocenters. The average Bonchev–Trinajstić information content (AvgIpc) is 1.98. The first kappa shape index (κ1) is 14.9. The fraction of sp³-hybridized carbons (Fsp3) is 0.833. The van der Waals surface area contributed by atoms with Crippen LogP contribution in [0.1, 0.15) is 40.5 Å². The van der Waals surface area contributed by atoms with E-state index in [1.165, 1.54) is 11.9 Å². The zero-order valence-electron chi connectivity index (χ0n) is 10.9. The Morgan fingerprint density at radius 2 is 1.81 bits per heavy atom. The number of nitrogens with zero attached hydrogens (tertiary/aromatic N) is 1. The highest BCUT2D eigenvalue weighted by molar-refractivity contribution is 5.81. The highest BCUT2D eigenvalue weighted by Crippen LogP contribution is 2.26. The number of likely N-dealkylation sites (N-methyl/N-ethyl adjacent to an activating group) is 1. The van der Waals surface area contributed by atoms with Crippen LogP contribution in [0.4, 0.5) is 0 Å². The van der Waals surface area contributed by atoms with E-state index in [-0.39, 0.29) is 23.8 Å². The number of hydrogen-bond acceptors (Lipinski definition) is 2. The van der Waals surface area contributed by atoms with E-state index in [0.717, 1.165) is 6.42 Å². The summed E-state index contributed by atoms with van der Waals surface area (Å²) in [6, 6.07) is 0. The van der Waals surface area contributed by atoms with Crippen molar-refractivity contribution in [3.05, 3.63) is 0 Å². The van der Waals surface area contributed by atoms with Crippen LogP contribution in [-0.2, 0) is 9.59 Å². The van der Waals surface area contributed by atoms with E-state index < -0.39 is 5.97 Å². The Balaban J connectivity index is 4.09. The summed E-state index contributed by atoms with van der Waals surface area (Å²) >= 11 is 0. The quantitative estimate of drug-likeness (QED) is 0.784. The minimum Gasteiger partial charge on any atom is -0.480 e. The normalized spacial score (nSPS) is 13.3. The molecule has 1 N–H and O–H groups in total. The SMILES string of the molecule is CC(CC(=O)N(C)CC(=O)O)CC(C)(C)C. The van der Waals surface area contributed by atoms with Crippen molar-refractivity contribution in [3.8, 4) is 0 Å². The Morgan fingerprint density at radius 1 is 1.31 bits per heavy atom. The number of carboxylic acids is 1. The lowest BCUT2D eigenvalue weighted by atomic mass is 9.84. The van der Waals surface area contributed by atoms with E-state index in [4.69, 9.17) is 5.11 Å². The van der Waals surface area contributed by atoms with Gasteiger partial charge < -0.3 is 10.0 Å². The monoisotopic (exact) mass is 229 g/mol. The third kappa shape index (κ3) is 7.26. The summed E-state index contributed by atoms with van der Waals surface area (Å²) in [5.41, 5.74) is 0.199. The molecule has 4 heteroatoms. The highest BCUT2D eigenvalue weighted by Gasteiger charge is 2.20. The number of carboxylic acid groups (broad SMARTS) is 1. The first-order chi connectivity index (χ1) is 7.11. The van der Waals surface area contributed by atoms with Crippen LogP contribution in [0.25, 0.3) is 0 Å². The average molecular weight is 229 g/mol. The lowest BCUT2D eigenvalue weighted by Crippen LogP contribution is -2.33. The summed E-state index contributed by atoms with van der Waals surface area (Å²) in [5.74, 6) is -0.790. The predicted molar refractivity (Wildman–Crippen MR) is 63.1 cm³/mol. The van der Waals surface area contributed by atoms with Crippen molar-refractivity contribution in [2.45, 2.75) is 40.5 Å². The molecule has 0 aliphatic rings. The molecule has 0 fully saturated rings. The molecule has 1 atom stereocenters. The molecule has 0 saturated carbocycles. The van der Waals surface area contributed by atoms with Crippen LogP contribution < -0.4 is 0 Å². The third-order valence-corrected chi connectivity index (χ3v) is 2.28. The zero-order chi connectivity index (χ0) is 12.9. The molecule has 0 rings (SSSR count). The topological polar surface area (TPSA) is 57.6 Å². The maximum Gasteiger partial charge on any atom is 0.323 e. The smallest absolute Gasteiger partial charge is 0.323 e. The molecular weight excluding hydrogens is 206 g/mol. The van der Waals surface area contributed by atoms with Gasteiger partial charge in [-0.25, -0.2) is 0 Å². The molecule has 0 aromatic carbocycles. The van der Waals surface area contributed by atoms with Crippen molar-refractivity contribution < 1.29 is 14.7 Å². The Bertz CT molecular complexity index is 255. The number of hydrogen-bond donors (Lipinski definition) is 1. The van der Waals surface area contributed by atoms with Crippen LogP contribution in [0, 0.1) is 11.3 Å². The lowest BCUT2D eigenvalue weighted by Gasteiger charge is -2.24. The molecule has 0 heterocycles. The molecule has 0 aromatic heterocycles. The summed E-state index contributed by atoms with van der Waals surface area (Å²) < 4.78 is 0. The molecule has 0 bridgehead atoms. The van der Waals surface area contributed by atoms with Crippen molar-refractivity contribution in [1.82, 2.24) is 4.90 Å². The van der Waals surface area contributed by atoms with E-state index in [1.807, 2.05) is 6.92 Å². The fourth-order valence-electron chi connectivity index (χ4n) is 1.86. The van der Waals surface area contributed by atoms with Crippen LogP contribution in [0.2, 0.25) is 0 Å². The van der Waals surface area contributed by atoms with Crippen LogP contribution in [0.3, 0.4) is 0 Å². The molecule has 0 aliphatic carbocycles.